The first kappa shape index (κ1) is 21.6. The first-order chi connectivity index (χ1) is 15.9. The van der Waals surface area contributed by atoms with Gasteiger partial charge in [-0.05, 0) is 32.3 Å². The van der Waals surface area contributed by atoms with E-state index in [0.29, 0.717) is 45.3 Å². The Balaban J connectivity index is 1.45. The van der Waals surface area contributed by atoms with Crippen LogP contribution in [-0.2, 0) is 6.42 Å². The van der Waals surface area contributed by atoms with Gasteiger partial charge in [0.05, 0.1) is 20.9 Å². The van der Waals surface area contributed by atoms with E-state index in [0.717, 1.165) is 31.4 Å². The highest BCUT2D eigenvalue weighted by molar-refractivity contribution is 7.15. The van der Waals surface area contributed by atoms with E-state index in [4.69, 9.17) is 0 Å². The number of rotatable bonds is 4. The molecule has 4 aromatic rings. The summed E-state index contributed by atoms with van der Waals surface area (Å²) in [5, 5.41) is 0.687. The zero-order valence-electron chi connectivity index (χ0n) is 17.9. The van der Waals surface area contributed by atoms with E-state index in [-0.39, 0.29) is 17.6 Å². The van der Waals surface area contributed by atoms with Crippen molar-refractivity contribution in [2.24, 2.45) is 0 Å². The van der Waals surface area contributed by atoms with E-state index < -0.39 is 17.5 Å². The Bertz CT molecular complexity index is 1310. The van der Waals surface area contributed by atoms with E-state index in [9.17, 15) is 18.0 Å². The van der Waals surface area contributed by atoms with Crippen molar-refractivity contribution in [3.05, 3.63) is 70.4 Å². The topological polar surface area (TPSA) is 61.9 Å². The van der Waals surface area contributed by atoms with Crippen LogP contribution in [0, 0.1) is 24.4 Å². The summed E-state index contributed by atoms with van der Waals surface area (Å²) in [6, 6.07) is 8.36. The van der Waals surface area contributed by atoms with Crippen molar-refractivity contribution in [3.8, 4) is 10.4 Å². The third-order valence-electron chi connectivity index (χ3n) is 5.95. The number of H-pyrrole nitrogens is 1. The Hall–Kier alpha value is -3.20. The maximum absolute atomic E-state index is 14.5. The normalized spacial score (nSPS) is 16.5. The first-order valence-electron chi connectivity index (χ1n) is 10.8. The zero-order chi connectivity index (χ0) is 23.1. The van der Waals surface area contributed by atoms with Crippen molar-refractivity contribution in [1.82, 2.24) is 19.9 Å². The Morgan fingerprint density at radius 3 is 2.73 bits per heavy atom. The average Bonchev–Trinajstić information content (AvgIpc) is 3.36. The summed E-state index contributed by atoms with van der Waals surface area (Å²) >= 11 is 1.30. The number of fused-ring (bicyclic) bond motifs is 1. The number of nitrogens with one attached hydrogen (secondary N) is 1. The number of likely N-dealkylation sites (tertiary alicyclic amines) is 1. The van der Waals surface area contributed by atoms with Crippen molar-refractivity contribution < 1.29 is 18.0 Å². The Morgan fingerprint density at radius 2 is 1.91 bits per heavy atom. The fraction of sp³-hybridized carbons (Fsp3) is 0.292. The number of hydrogen-bond acceptors (Lipinski definition) is 4. The largest absolute Gasteiger partial charge is 0.342 e. The minimum Gasteiger partial charge on any atom is -0.342 e. The van der Waals surface area contributed by atoms with Crippen LogP contribution in [0.25, 0.3) is 21.5 Å². The number of carbonyl (C=O) groups excluding carboxylic acids is 1. The summed E-state index contributed by atoms with van der Waals surface area (Å²) in [5.74, 6) is -1.97. The zero-order valence-corrected chi connectivity index (χ0v) is 18.7. The molecular formula is C24H21F3N4OS. The van der Waals surface area contributed by atoms with Crippen molar-refractivity contribution in [2.45, 2.75) is 38.6 Å². The second-order valence-electron chi connectivity index (χ2n) is 8.21. The monoisotopic (exact) mass is 470 g/mol. The van der Waals surface area contributed by atoms with Gasteiger partial charge in [0.25, 0.3) is 5.91 Å². The van der Waals surface area contributed by atoms with E-state index in [2.05, 4.69) is 15.0 Å². The van der Waals surface area contributed by atoms with Gasteiger partial charge in [0.15, 0.2) is 11.6 Å². The van der Waals surface area contributed by atoms with Crippen molar-refractivity contribution in [3.63, 3.8) is 0 Å². The molecule has 33 heavy (non-hydrogen) atoms. The third kappa shape index (κ3) is 4.13. The number of halogens is 3. The van der Waals surface area contributed by atoms with Gasteiger partial charge in [-0.2, -0.15) is 0 Å². The SMILES string of the molecule is Cc1nc(C(=O)N2CCCC[C@H]2Cc2nc3cc(F)c(F)cc3[nH]2)c(-c2ccccc2F)s1. The molecule has 0 spiro atoms. The number of amides is 1. The summed E-state index contributed by atoms with van der Waals surface area (Å²) in [4.78, 5) is 27.8. The van der Waals surface area contributed by atoms with Crippen LogP contribution in [0.2, 0.25) is 0 Å². The third-order valence-corrected chi connectivity index (χ3v) is 6.95. The molecule has 1 atom stereocenters. The number of nitrogens with zero attached hydrogens (tertiary/aromatic N) is 3. The number of imidazole rings is 1. The highest BCUT2D eigenvalue weighted by Gasteiger charge is 2.32. The van der Waals surface area contributed by atoms with Gasteiger partial charge in [0, 0.05) is 36.7 Å². The molecule has 0 saturated carbocycles. The van der Waals surface area contributed by atoms with Crippen molar-refractivity contribution >= 4 is 28.3 Å². The Morgan fingerprint density at radius 1 is 1.12 bits per heavy atom. The number of thiazole rings is 1. The number of piperidine rings is 1. The lowest BCUT2D eigenvalue weighted by Crippen LogP contribution is -2.45. The van der Waals surface area contributed by atoms with Gasteiger partial charge in [-0.25, -0.2) is 23.1 Å². The van der Waals surface area contributed by atoms with Gasteiger partial charge in [0.1, 0.15) is 17.3 Å². The van der Waals surface area contributed by atoms with E-state index in [1.807, 2.05) is 0 Å². The summed E-state index contributed by atoms with van der Waals surface area (Å²) in [6.07, 6.45) is 3.00. The second-order valence-corrected chi connectivity index (χ2v) is 9.41. The molecule has 5 nitrogen and oxygen atoms in total. The minimum absolute atomic E-state index is 0.156. The van der Waals surface area contributed by atoms with Crippen LogP contribution in [0.5, 0.6) is 0 Å². The summed E-state index contributed by atoms with van der Waals surface area (Å²) < 4.78 is 41.6. The number of aromatic nitrogens is 3. The summed E-state index contributed by atoms with van der Waals surface area (Å²) in [7, 11) is 0. The lowest BCUT2D eigenvalue weighted by molar-refractivity contribution is 0.0607. The lowest BCUT2D eigenvalue weighted by atomic mass is 9.98. The summed E-state index contributed by atoms with van der Waals surface area (Å²) in [6.45, 7) is 2.35. The minimum atomic E-state index is -0.949. The van der Waals surface area contributed by atoms with Crippen LogP contribution in [0.3, 0.4) is 0 Å². The van der Waals surface area contributed by atoms with Gasteiger partial charge in [-0.3, -0.25) is 4.79 Å². The molecule has 2 aromatic carbocycles. The molecule has 0 radical (unpaired) electrons. The van der Waals surface area contributed by atoms with E-state index >= 15 is 0 Å². The second kappa shape index (κ2) is 8.62. The standard InChI is InChI=1S/C24H21F3N4OS/c1-13-28-22(23(33-13)15-7-2-3-8-16(15)25)24(32)31-9-5-4-6-14(31)10-21-29-19-11-17(26)18(27)12-20(19)30-21/h2-3,7-8,11-12,14H,4-6,9-10H2,1H3,(H,29,30)/t14-/m0/s1. The van der Waals surface area contributed by atoms with Gasteiger partial charge in [-0.15, -0.1) is 11.3 Å². The molecule has 1 aliphatic rings. The van der Waals surface area contributed by atoms with Crippen molar-refractivity contribution in [2.75, 3.05) is 6.54 Å². The molecule has 9 heteroatoms. The van der Waals surface area contributed by atoms with Crippen LogP contribution >= 0.6 is 11.3 Å². The number of aryl methyl sites for hydroxylation is 1. The smallest absolute Gasteiger partial charge is 0.274 e. The molecule has 3 heterocycles. The van der Waals surface area contributed by atoms with Gasteiger partial charge in [-0.1, -0.05) is 18.2 Å². The maximum atomic E-state index is 14.5. The van der Waals surface area contributed by atoms with Crippen LogP contribution in [-0.4, -0.2) is 38.3 Å². The van der Waals surface area contributed by atoms with Crippen molar-refractivity contribution in [1.29, 1.82) is 0 Å². The number of aromatic amines is 1. The van der Waals surface area contributed by atoms with E-state index in [1.54, 1.807) is 30.0 Å². The van der Waals surface area contributed by atoms with Gasteiger partial charge < -0.3 is 9.88 Å². The maximum Gasteiger partial charge on any atom is 0.274 e. The van der Waals surface area contributed by atoms with Crippen LogP contribution < -0.4 is 0 Å². The highest BCUT2D eigenvalue weighted by atomic mass is 32.1. The fourth-order valence-corrected chi connectivity index (χ4v) is 5.33. The fourth-order valence-electron chi connectivity index (χ4n) is 4.39. The molecule has 1 aliphatic heterocycles. The molecule has 1 amide bonds. The molecule has 5 rings (SSSR count). The predicted octanol–water partition coefficient (Wildman–Crippen LogP) is 5.65. The van der Waals surface area contributed by atoms with E-state index in [1.165, 1.54) is 17.4 Å². The van der Waals surface area contributed by atoms with Crippen LogP contribution in [0.15, 0.2) is 36.4 Å². The highest BCUT2D eigenvalue weighted by Crippen LogP contribution is 2.34. The number of hydrogen-bond donors (Lipinski definition) is 1. The molecule has 170 valence electrons. The Labute approximate surface area is 192 Å². The number of carbonyl (C=O) groups is 1. The molecular weight excluding hydrogens is 449 g/mol. The lowest BCUT2D eigenvalue weighted by Gasteiger charge is -2.35. The van der Waals surface area contributed by atoms with Gasteiger partial charge in [0.2, 0.25) is 0 Å². The molecule has 1 fully saturated rings. The molecule has 2 aromatic heterocycles. The Kier molecular flexibility index (Phi) is 5.65. The molecule has 1 N–H and O–H groups in total. The molecule has 1 saturated heterocycles. The quantitative estimate of drug-likeness (QED) is 0.419. The first-order valence-corrected chi connectivity index (χ1v) is 11.6. The number of benzene rings is 2. The molecule has 0 unspecified atom stereocenters. The predicted molar refractivity (Wildman–Crippen MR) is 121 cm³/mol. The van der Waals surface area contributed by atoms with Gasteiger partial charge >= 0.3 is 0 Å². The molecule has 0 aliphatic carbocycles. The van der Waals surface area contributed by atoms with Crippen LogP contribution in [0.4, 0.5) is 13.2 Å². The summed E-state index contributed by atoms with van der Waals surface area (Å²) in [5.41, 5.74) is 1.37. The average molecular weight is 471 g/mol. The van der Waals surface area contributed by atoms with Crippen LogP contribution in [0.1, 0.15) is 40.6 Å². The molecule has 0 bridgehead atoms.